The monoisotopic (exact) mass is 345 g/mol. The van der Waals surface area contributed by atoms with Gasteiger partial charge in [-0.1, -0.05) is 30.0 Å². The summed E-state index contributed by atoms with van der Waals surface area (Å²) >= 11 is 6.45. The zero-order valence-corrected chi connectivity index (χ0v) is 13.6. The van der Waals surface area contributed by atoms with E-state index in [4.69, 9.17) is 21.7 Å². The van der Waals surface area contributed by atoms with Gasteiger partial charge in [0.25, 0.3) is 5.91 Å². The summed E-state index contributed by atoms with van der Waals surface area (Å²) in [6.07, 6.45) is 3.14. The van der Waals surface area contributed by atoms with E-state index in [2.05, 4.69) is 0 Å². The molecule has 1 aliphatic heterocycles. The molecule has 2 aromatic rings. The lowest BCUT2D eigenvalue weighted by molar-refractivity contribution is -0.113. The Morgan fingerprint density at radius 2 is 2.17 bits per heavy atom. The number of hydrogen-bond acceptors (Lipinski definition) is 5. The van der Waals surface area contributed by atoms with Crippen LogP contribution in [-0.2, 0) is 4.79 Å². The van der Waals surface area contributed by atoms with Crippen LogP contribution in [0.4, 0.5) is 5.69 Å². The quantitative estimate of drug-likeness (QED) is 0.676. The van der Waals surface area contributed by atoms with Gasteiger partial charge in [-0.25, -0.2) is 4.79 Å². The van der Waals surface area contributed by atoms with Crippen LogP contribution >= 0.6 is 24.0 Å². The molecular weight excluding hydrogens is 334 g/mol. The molecule has 5 nitrogen and oxygen atoms in total. The van der Waals surface area contributed by atoms with Crippen LogP contribution in [-0.4, -0.2) is 21.3 Å². The second-order valence-electron chi connectivity index (χ2n) is 4.84. The Morgan fingerprint density at radius 3 is 2.83 bits per heavy atom. The second-order valence-corrected chi connectivity index (χ2v) is 6.51. The van der Waals surface area contributed by atoms with E-state index >= 15 is 0 Å². The topological polar surface area (TPSA) is 70.8 Å². The first-order valence-corrected chi connectivity index (χ1v) is 7.85. The Hall–Kier alpha value is -2.38. The molecule has 1 aromatic heterocycles. The average Bonchev–Trinajstić information content (AvgIpc) is 3.09. The number of thiocarbonyl (C=S) groups is 1. The summed E-state index contributed by atoms with van der Waals surface area (Å²) in [6, 6.07) is 8.08. The number of carboxylic acids is 1. The maximum Gasteiger partial charge on any atom is 0.335 e. The molecule has 1 aromatic carbocycles. The molecule has 1 amide bonds. The van der Waals surface area contributed by atoms with Gasteiger partial charge < -0.3 is 9.52 Å². The number of benzene rings is 1. The van der Waals surface area contributed by atoms with E-state index in [1.54, 1.807) is 31.2 Å². The van der Waals surface area contributed by atoms with Gasteiger partial charge in [0.05, 0.1) is 22.4 Å². The van der Waals surface area contributed by atoms with Crippen LogP contribution in [0.2, 0.25) is 0 Å². The lowest BCUT2D eigenvalue weighted by atomic mass is 10.1. The summed E-state index contributed by atoms with van der Waals surface area (Å²) in [5.41, 5.74) is 1.36. The van der Waals surface area contributed by atoms with Gasteiger partial charge in [0.2, 0.25) is 0 Å². The summed E-state index contributed by atoms with van der Waals surface area (Å²) in [6.45, 7) is 1.80. The third-order valence-corrected chi connectivity index (χ3v) is 4.61. The van der Waals surface area contributed by atoms with Gasteiger partial charge in [0.1, 0.15) is 5.76 Å². The summed E-state index contributed by atoms with van der Waals surface area (Å²) < 4.78 is 5.57. The highest BCUT2D eigenvalue weighted by molar-refractivity contribution is 8.27. The van der Waals surface area contributed by atoms with Crippen LogP contribution in [0.1, 0.15) is 21.7 Å². The molecule has 116 valence electrons. The molecule has 1 fully saturated rings. The number of rotatable bonds is 3. The minimum Gasteiger partial charge on any atom is -0.478 e. The number of furan rings is 1. The molecular formula is C16H11NO4S2. The maximum absolute atomic E-state index is 12.6. The third kappa shape index (κ3) is 2.93. The molecule has 1 aliphatic rings. The first-order chi connectivity index (χ1) is 11.0. The Morgan fingerprint density at radius 1 is 1.39 bits per heavy atom. The van der Waals surface area contributed by atoms with E-state index < -0.39 is 5.97 Å². The minimum atomic E-state index is -1.05. The van der Waals surface area contributed by atoms with E-state index in [0.717, 1.165) is 17.3 Å². The van der Waals surface area contributed by atoms with Gasteiger partial charge >= 0.3 is 5.97 Å². The van der Waals surface area contributed by atoms with Crippen LogP contribution in [0.15, 0.2) is 45.9 Å². The molecule has 23 heavy (non-hydrogen) atoms. The summed E-state index contributed by atoms with van der Waals surface area (Å²) in [7, 11) is 0. The Kier molecular flexibility index (Phi) is 4.06. The fraction of sp³-hybridized carbons (Fsp3) is 0.0625. The maximum atomic E-state index is 12.6. The molecule has 2 heterocycles. The zero-order chi connectivity index (χ0) is 16.6. The van der Waals surface area contributed by atoms with Crippen molar-refractivity contribution in [3.8, 4) is 0 Å². The number of carbonyl (C=O) groups excluding carboxylic acids is 1. The largest absolute Gasteiger partial charge is 0.478 e. The van der Waals surface area contributed by atoms with Crippen LogP contribution < -0.4 is 4.90 Å². The van der Waals surface area contributed by atoms with Gasteiger partial charge in [0.15, 0.2) is 4.32 Å². The molecule has 7 heteroatoms. The summed E-state index contributed by atoms with van der Waals surface area (Å²) in [5.74, 6) is -0.786. The Bertz CT molecular complexity index is 840. The normalized spacial score (nSPS) is 16.4. The molecule has 0 atom stereocenters. The van der Waals surface area contributed by atoms with Crippen molar-refractivity contribution >= 4 is 51.9 Å². The SMILES string of the molecule is Cc1ccc(C(=O)O)cc1N1C(=O)C(=Cc2ccco2)SC1=S. The van der Waals surface area contributed by atoms with Gasteiger partial charge in [0, 0.05) is 6.08 Å². The summed E-state index contributed by atoms with van der Waals surface area (Å²) in [5, 5.41) is 9.13. The standard InChI is InChI=1S/C16H11NO4S2/c1-9-4-5-10(15(19)20)7-12(9)17-14(18)13(23-16(17)22)8-11-3-2-6-21-11/h2-8H,1H3,(H,19,20). The lowest BCUT2D eigenvalue weighted by Gasteiger charge is -2.17. The highest BCUT2D eigenvalue weighted by Crippen LogP contribution is 2.37. The highest BCUT2D eigenvalue weighted by atomic mass is 32.2. The van der Waals surface area contributed by atoms with Crippen molar-refractivity contribution < 1.29 is 19.1 Å². The molecule has 0 aliphatic carbocycles. The van der Waals surface area contributed by atoms with Crippen LogP contribution in [0, 0.1) is 6.92 Å². The first-order valence-electron chi connectivity index (χ1n) is 6.63. The smallest absolute Gasteiger partial charge is 0.335 e. The van der Waals surface area contributed by atoms with Crippen molar-refractivity contribution in [2.45, 2.75) is 6.92 Å². The van der Waals surface area contributed by atoms with Crippen LogP contribution in [0.3, 0.4) is 0 Å². The van der Waals surface area contributed by atoms with E-state index in [9.17, 15) is 9.59 Å². The zero-order valence-electron chi connectivity index (χ0n) is 12.0. The average molecular weight is 345 g/mol. The van der Waals surface area contributed by atoms with Crippen molar-refractivity contribution in [3.05, 3.63) is 58.4 Å². The number of aromatic carboxylic acids is 1. The van der Waals surface area contributed by atoms with Crippen LogP contribution in [0.5, 0.6) is 0 Å². The lowest BCUT2D eigenvalue weighted by Crippen LogP contribution is -2.28. The highest BCUT2D eigenvalue weighted by Gasteiger charge is 2.34. The molecule has 3 rings (SSSR count). The number of thioether (sulfide) groups is 1. The molecule has 0 spiro atoms. The first kappa shape index (κ1) is 15.5. The van der Waals surface area contributed by atoms with Gasteiger partial charge in [-0.2, -0.15) is 0 Å². The molecule has 1 saturated heterocycles. The fourth-order valence-corrected chi connectivity index (χ4v) is 3.43. The molecule has 0 radical (unpaired) electrons. The Labute approximate surface area is 141 Å². The van der Waals surface area contributed by atoms with E-state index in [0.29, 0.717) is 20.7 Å². The van der Waals surface area contributed by atoms with Gasteiger partial charge in [-0.05, 0) is 36.8 Å². The number of nitrogens with zero attached hydrogens (tertiary/aromatic N) is 1. The summed E-state index contributed by atoms with van der Waals surface area (Å²) in [4.78, 5) is 25.6. The molecule has 0 unspecified atom stereocenters. The number of carboxylic acid groups (broad SMARTS) is 1. The molecule has 0 saturated carbocycles. The van der Waals surface area contributed by atoms with Crippen molar-refractivity contribution in [2.24, 2.45) is 0 Å². The second kappa shape index (κ2) is 6.02. The number of amides is 1. The van der Waals surface area contributed by atoms with E-state index in [-0.39, 0.29) is 11.5 Å². The predicted molar refractivity (Wildman–Crippen MR) is 92.5 cm³/mol. The number of anilines is 1. The van der Waals surface area contributed by atoms with Gasteiger partial charge in [-0.3, -0.25) is 9.69 Å². The predicted octanol–water partition coefficient (Wildman–Crippen LogP) is 3.69. The molecule has 0 bridgehead atoms. The number of aryl methyl sites for hydroxylation is 1. The van der Waals surface area contributed by atoms with Gasteiger partial charge in [-0.15, -0.1) is 0 Å². The van der Waals surface area contributed by atoms with Crippen molar-refractivity contribution in [1.29, 1.82) is 0 Å². The van der Waals surface area contributed by atoms with Crippen molar-refractivity contribution in [1.82, 2.24) is 0 Å². The molecule has 1 N–H and O–H groups in total. The van der Waals surface area contributed by atoms with Crippen molar-refractivity contribution in [3.63, 3.8) is 0 Å². The van der Waals surface area contributed by atoms with E-state index in [1.165, 1.54) is 23.3 Å². The fourth-order valence-electron chi connectivity index (χ4n) is 2.16. The third-order valence-electron chi connectivity index (χ3n) is 3.31. The number of carbonyl (C=O) groups is 2. The van der Waals surface area contributed by atoms with Crippen molar-refractivity contribution in [2.75, 3.05) is 4.90 Å². The minimum absolute atomic E-state index is 0.106. The van der Waals surface area contributed by atoms with Crippen LogP contribution in [0.25, 0.3) is 6.08 Å². The van der Waals surface area contributed by atoms with E-state index in [1.807, 2.05) is 0 Å². The number of hydrogen-bond donors (Lipinski definition) is 1. The Balaban J connectivity index is 2.01.